The predicted octanol–water partition coefficient (Wildman–Crippen LogP) is 1.95. The molecule has 3 nitrogen and oxygen atoms in total. The molecule has 3 rings (SSSR count). The van der Waals surface area contributed by atoms with Crippen molar-refractivity contribution in [3.8, 4) is 0 Å². The standard InChI is InChI=1S/C17H22N2O/c20-13-12-18-8-10-19(11-9-18)14-16-6-3-5-15-4-1-2-7-17(15)16/h1-7,20H,8-14H2. The fraction of sp³-hybridized carbons (Fsp3) is 0.412. The van der Waals surface area contributed by atoms with Crippen LogP contribution < -0.4 is 0 Å². The second kappa shape index (κ2) is 6.35. The summed E-state index contributed by atoms with van der Waals surface area (Å²) in [5.74, 6) is 0. The van der Waals surface area contributed by atoms with Crippen molar-refractivity contribution in [3.63, 3.8) is 0 Å². The van der Waals surface area contributed by atoms with Crippen LogP contribution in [0.25, 0.3) is 10.8 Å². The molecule has 106 valence electrons. The van der Waals surface area contributed by atoms with E-state index in [1.807, 2.05) is 0 Å². The molecule has 1 aliphatic heterocycles. The van der Waals surface area contributed by atoms with Gasteiger partial charge in [-0.2, -0.15) is 0 Å². The Balaban J connectivity index is 1.68. The van der Waals surface area contributed by atoms with Crippen LogP contribution in [0, 0.1) is 0 Å². The number of hydrogen-bond donors (Lipinski definition) is 1. The first-order valence-corrected chi connectivity index (χ1v) is 7.39. The number of rotatable bonds is 4. The number of nitrogens with zero attached hydrogens (tertiary/aromatic N) is 2. The average Bonchev–Trinajstić information content (AvgIpc) is 2.50. The van der Waals surface area contributed by atoms with E-state index in [2.05, 4.69) is 52.3 Å². The van der Waals surface area contributed by atoms with Gasteiger partial charge in [-0.1, -0.05) is 42.5 Å². The summed E-state index contributed by atoms with van der Waals surface area (Å²) >= 11 is 0. The number of piperazine rings is 1. The SMILES string of the molecule is OCCN1CCN(Cc2cccc3ccccc23)CC1. The van der Waals surface area contributed by atoms with E-state index in [1.54, 1.807) is 0 Å². The minimum Gasteiger partial charge on any atom is -0.395 e. The molecule has 0 amide bonds. The molecule has 0 saturated carbocycles. The third-order valence-corrected chi connectivity index (χ3v) is 4.16. The number of benzene rings is 2. The molecule has 2 aromatic rings. The molecule has 0 unspecified atom stereocenters. The molecule has 1 saturated heterocycles. The second-order valence-electron chi connectivity index (χ2n) is 5.48. The Morgan fingerprint density at radius 3 is 2.35 bits per heavy atom. The van der Waals surface area contributed by atoms with Gasteiger partial charge in [-0.3, -0.25) is 9.80 Å². The lowest BCUT2D eigenvalue weighted by atomic mass is 10.0. The average molecular weight is 270 g/mol. The molecular weight excluding hydrogens is 248 g/mol. The first kappa shape index (κ1) is 13.6. The monoisotopic (exact) mass is 270 g/mol. The van der Waals surface area contributed by atoms with Crippen molar-refractivity contribution in [2.45, 2.75) is 6.54 Å². The van der Waals surface area contributed by atoms with E-state index in [0.29, 0.717) is 0 Å². The Kier molecular flexibility index (Phi) is 4.31. The molecule has 0 aliphatic carbocycles. The number of aliphatic hydroxyl groups is 1. The van der Waals surface area contributed by atoms with E-state index in [-0.39, 0.29) is 6.61 Å². The topological polar surface area (TPSA) is 26.7 Å². The second-order valence-corrected chi connectivity index (χ2v) is 5.48. The van der Waals surface area contributed by atoms with Crippen molar-refractivity contribution in [1.82, 2.24) is 9.80 Å². The quantitative estimate of drug-likeness (QED) is 0.920. The molecule has 20 heavy (non-hydrogen) atoms. The normalized spacial score (nSPS) is 17.6. The largest absolute Gasteiger partial charge is 0.395 e. The molecule has 0 radical (unpaired) electrons. The Morgan fingerprint density at radius 2 is 1.55 bits per heavy atom. The van der Waals surface area contributed by atoms with Crippen molar-refractivity contribution in [1.29, 1.82) is 0 Å². The van der Waals surface area contributed by atoms with E-state index in [4.69, 9.17) is 5.11 Å². The van der Waals surface area contributed by atoms with Crippen LogP contribution in [-0.4, -0.2) is 54.2 Å². The summed E-state index contributed by atoms with van der Waals surface area (Å²) in [6.45, 7) is 6.39. The van der Waals surface area contributed by atoms with E-state index in [0.717, 1.165) is 39.3 Å². The van der Waals surface area contributed by atoms with Gasteiger partial charge in [0.1, 0.15) is 0 Å². The third kappa shape index (κ3) is 3.01. The fourth-order valence-electron chi connectivity index (χ4n) is 2.98. The third-order valence-electron chi connectivity index (χ3n) is 4.16. The molecular formula is C17H22N2O. The van der Waals surface area contributed by atoms with Gasteiger partial charge in [0.2, 0.25) is 0 Å². The van der Waals surface area contributed by atoms with Gasteiger partial charge in [0, 0.05) is 39.3 Å². The van der Waals surface area contributed by atoms with E-state index < -0.39 is 0 Å². The highest BCUT2D eigenvalue weighted by Gasteiger charge is 2.16. The molecule has 3 heteroatoms. The lowest BCUT2D eigenvalue weighted by Crippen LogP contribution is -2.46. The van der Waals surface area contributed by atoms with Gasteiger partial charge in [-0.25, -0.2) is 0 Å². The van der Waals surface area contributed by atoms with Gasteiger partial charge in [0.25, 0.3) is 0 Å². The van der Waals surface area contributed by atoms with Gasteiger partial charge in [-0.05, 0) is 16.3 Å². The van der Waals surface area contributed by atoms with Gasteiger partial charge in [0.05, 0.1) is 6.61 Å². The maximum absolute atomic E-state index is 8.98. The van der Waals surface area contributed by atoms with Crippen LogP contribution in [0.3, 0.4) is 0 Å². The molecule has 0 aromatic heterocycles. The van der Waals surface area contributed by atoms with Crippen LogP contribution in [0.5, 0.6) is 0 Å². The summed E-state index contributed by atoms with van der Waals surface area (Å²) in [6, 6.07) is 15.2. The zero-order valence-electron chi connectivity index (χ0n) is 11.8. The molecule has 2 aromatic carbocycles. The predicted molar refractivity (Wildman–Crippen MR) is 82.8 cm³/mol. The van der Waals surface area contributed by atoms with Crippen molar-refractivity contribution in [2.75, 3.05) is 39.3 Å². The molecule has 1 fully saturated rings. The van der Waals surface area contributed by atoms with Crippen LogP contribution >= 0.6 is 0 Å². The highest BCUT2D eigenvalue weighted by atomic mass is 16.3. The molecule has 0 spiro atoms. The first-order chi connectivity index (χ1) is 9.86. The maximum Gasteiger partial charge on any atom is 0.0558 e. The number of aliphatic hydroxyl groups excluding tert-OH is 1. The fourth-order valence-corrected chi connectivity index (χ4v) is 2.98. The molecule has 1 N–H and O–H groups in total. The van der Waals surface area contributed by atoms with Crippen LogP contribution in [0.1, 0.15) is 5.56 Å². The van der Waals surface area contributed by atoms with Crippen molar-refractivity contribution >= 4 is 10.8 Å². The minimum atomic E-state index is 0.267. The van der Waals surface area contributed by atoms with Crippen LogP contribution in [0.4, 0.5) is 0 Å². The first-order valence-electron chi connectivity index (χ1n) is 7.39. The summed E-state index contributed by atoms with van der Waals surface area (Å²) in [6.07, 6.45) is 0. The van der Waals surface area contributed by atoms with E-state index in [1.165, 1.54) is 16.3 Å². The van der Waals surface area contributed by atoms with Gasteiger partial charge < -0.3 is 5.11 Å². The van der Waals surface area contributed by atoms with Crippen LogP contribution in [0.15, 0.2) is 42.5 Å². The molecule has 1 aliphatic rings. The van der Waals surface area contributed by atoms with Crippen molar-refractivity contribution in [3.05, 3.63) is 48.0 Å². The maximum atomic E-state index is 8.98. The Bertz CT molecular complexity index is 556. The zero-order valence-corrected chi connectivity index (χ0v) is 11.8. The minimum absolute atomic E-state index is 0.267. The highest BCUT2D eigenvalue weighted by Crippen LogP contribution is 2.20. The Morgan fingerprint density at radius 1 is 0.850 bits per heavy atom. The summed E-state index contributed by atoms with van der Waals surface area (Å²) < 4.78 is 0. The number of hydrogen-bond acceptors (Lipinski definition) is 3. The molecule has 1 heterocycles. The zero-order chi connectivity index (χ0) is 13.8. The Labute approximate surface area is 120 Å². The summed E-state index contributed by atoms with van der Waals surface area (Å²) in [5, 5.41) is 11.7. The summed E-state index contributed by atoms with van der Waals surface area (Å²) in [5.41, 5.74) is 1.42. The van der Waals surface area contributed by atoms with Crippen molar-refractivity contribution < 1.29 is 5.11 Å². The van der Waals surface area contributed by atoms with Crippen molar-refractivity contribution in [2.24, 2.45) is 0 Å². The molecule has 0 bridgehead atoms. The smallest absolute Gasteiger partial charge is 0.0558 e. The lowest BCUT2D eigenvalue weighted by molar-refractivity contribution is 0.109. The molecule has 0 atom stereocenters. The number of β-amino-alcohol motifs (C(OH)–C–C–N with tert-alkyl or cyclic N) is 1. The van der Waals surface area contributed by atoms with Crippen LogP contribution in [0.2, 0.25) is 0 Å². The van der Waals surface area contributed by atoms with Gasteiger partial charge in [0.15, 0.2) is 0 Å². The van der Waals surface area contributed by atoms with Gasteiger partial charge in [-0.15, -0.1) is 0 Å². The summed E-state index contributed by atoms with van der Waals surface area (Å²) in [4.78, 5) is 4.84. The Hall–Kier alpha value is -1.42. The summed E-state index contributed by atoms with van der Waals surface area (Å²) in [7, 11) is 0. The van der Waals surface area contributed by atoms with E-state index in [9.17, 15) is 0 Å². The number of fused-ring (bicyclic) bond motifs is 1. The van der Waals surface area contributed by atoms with E-state index >= 15 is 0 Å². The van der Waals surface area contributed by atoms with Gasteiger partial charge >= 0.3 is 0 Å². The van der Waals surface area contributed by atoms with Crippen LogP contribution in [-0.2, 0) is 6.54 Å². The highest BCUT2D eigenvalue weighted by molar-refractivity contribution is 5.85. The lowest BCUT2D eigenvalue weighted by Gasteiger charge is -2.34.